The van der Waals surface area contributed by atoms with Gasteiger partial charge in [0.05, 0.1) is 5.92 Å². The Morgan fingerprint density at radius 3 is 2.79 bits per heavy atom. The molecular weight excluding hydrogens is 262 g/mol. The Morgan fingerprint density at radius 2 is 2.21 bits per heavy atom. The summed E-state index contributed by atoms with van der Waals surface area (Å²) in [5.41, 5.74) is 1.13. The van der Waals surface area contributed by atoms with Crippen molar-refractivity contribution in [1.29, 1.82) is 0 Å². The molecule has 1 rings (SSSR count). The second kappa shape index (κ2) is 8.18. The maximum atomic E-state index is 11.0. The van der Waals surface area contributed by atoms with Crippen LogP contribution in [0.3, 0.4) is 0 Å². The molecule has 0 fully saturated rings. The van der Waals surface area contributed by atoms with E-state index in [1.807, 2.05) is 24.3 Å². The van der Waals surface area contributed by atoms with Gasteiger partial charge in [0.1, 0.15) is 0 Å². The van der Waals surface area contributed by atoms with Crippen molar-refractivity contribution in [2.45, 2.75) is 33.2 Å². The predicted octanol–water partition coefficient (Wildman–Crippen LogP) is 3.66. The Morgan fingerprint density at radius 1 is 1.47 bits per heavy atom. The summed E-state index contributed by atoms with van der Waals surface area (Å²) in [5, 5.41) is 9.74. The molecule has 19 heavy (non-hydrogen) atoms. The van der Waals surface area contributed by atoms with E-state index in [9.17, 15) is 4.79 Å². The van der Waals surface area contributed by atoms with Gasteiger partial charge in [-0.1, -0.05) is 44.0 Å². The Kier molecular flexibility index (Phi) is 6.89. The summed E-state index contributed by atoms with van der Waals surface area (Å²) in [7, 11) is 0. The van der Waals surface area contributed by atoms with Crippen LogP contribution in [0, 0.1) is 5.92 Å². The van der Waals surface area contributed by atoms with E-state index < -0.39 is 5.97 Å². The van der Waals surface area contributed by atoms with Crippen LogP contribution in [0.4, 0.5) is 0 Å². The average molecular weight is 284 g/mol. The fraction of sp³-hybridized carbons (Fsp3) is 0.533. The van der Waals surface area contributed by atoms with E-state index in [0.29, 0.717) is 6.54 Å². The molecule has 0 amide bonds. The summed E-state index contributed by atoms with van der Waals surface area (Å²) in [5.74, 6) is -1.09. The Bertz CT molecular complexity index is 409. The number of hydrogen-bond acceptors (Lipinski definition) is 2. The van der Waals surface area contributed by atoms with Crippen molar-refractivity contribution in [3.63, 3.8) is 0 Å². The Labute approximate surface area is 120 Å². The molecule has 1 aromatic carbocycles. The molecule has 0 heterocycles. The second-order valence-corrected chi connectivity index (χ2v) is 5.39. The SMILES string of the molecule is CCCCN(Cc1cccc(Cl)c1)CC(C)C(=O)O. The van der Waals surface area contributed by atoms with Gasteiger partial charge in [-0.15, -0.1) is 0 Å². The van der Waals surface area contributed by atoms with Crippen LogP contribution in [0.5, 0.6) is 0 Å². The van der Waals surface area contributed by atoms with E-state index in [1.165, 1.54) is 0 Å². The number of halogens is 1. The maximum Gasteiger partial charge on any atom is 0.307 e. The lowest BCUT2D eigenvalue weighted by molar-refractivity contribution is -0.141. The summed E-state index contributed by atoms with van der Waals surface area (Å²) in [6.45, 7) is 6.12. The third-order valence-corrected chi connectivity index (χ3v) is 3.31. The molecule has 0 radical (unpaired) electrons. The summed E-state index contributed by atoms with van der Waals surface area (Å²) >= 11 is 5.98. The van der Waals surface area contributed by atoms with Crippen LogP contribution in [0.15, 0.2) is 24.3 Å². The van der Waals surface area contributed by atoms with E-state index >= 15 is 0 Å². The minimum absolute atomic E-state index is 0.351. The molecule has 0 aliphatic heterocycles. The molecule has 0 spiro atoms. The van der Waals surface area contributed by atoms with E-state index in [0.717, 1.165) is 36.5 Å². The first-order valence-corrected chi connectivity index (χ1v) is 7.10. The number of carboxylic acids is 1. The van der Waals surface area contributed by atoms with Crippen LogP contribution >= 0.6 is 11.6 Å². The first kappa shape index (κ1) is 16.0. The molecule has 106 valence electrons. The molecule has 0 saturated heterocycles. The number of hydrogen-bond donors (Lipinski definition) is 1. The molecule has 1 aromatic rings. The number of rotatable bonds is 8. The van der Waals surface area contributed by atoms with Crippen LogP contribution in [-0.4, -0.2) is 29.1 Å². The lowest BCUT2D eigenvalue weighted by Crippen LogP contribution is -2.32. The van der Waals surface area contributed by atoms with Crippen LogP contribution in [0.2, 0.25) is 5.02 Å². The van der Waals surface area contributed by atoms with Gasteiger partial charge in [0.15, 0.2) is 0 Å². The molecule has 1 atom stereocenters. The van der Waals surface area contributed by atoms with Gasteiger partial charge in [-0.2, -0.15) is 0 Å². The van der Waals surface area contributed by atoms with E-state index in [2.05, 4.69) is 11.8 Å². The minimum atomic E-state index is -0.743. The third-order valence-electron chi connectivity index (χ3n) is 3.08. The molecule has 0 saturated carbocycles. The molecule has 0 aromatic heterocycles. The topological polar surface area (TPSA) is 40.5 Å². The standard InChI is InChI=1S/C15H22ClNO2/c1-3-4-8-17(10-12(2)15(18)19)11-13-6-5-7-14(16)9-13/h5-7,9,12H,3-4,8,10-11H2,1-2H3,(H,18,19). The maximum absolute atomic E-state index is 11.0. The first-order valence-electron chi connectivity index (χ1n) is 6.72. The monoisotopic (exact) mass is 283 g/mol. The van der Waals surface area contributed by atoms with Crippen LogP contribution in [0.25, 0.3) is 0 Å². The molecule has 1 unspecified atom stereocenters. The van der Waals surface area contributed by atoms with E-state index in [1.54, 1.807) is 6.92 Å². The minimum Gasteiger partial charge on any atom is -0.481 e. The number of nitrogens with zero attached hydrogens (tertiary/aromatic N) is 1. The van der Waals surface area contributed by atoms with Crippen molar-refractivity contribution in [3.05, 3.63) is 34.9 Å². The molecule has 0 aliphatic carbocycles. The fourth-order valence-corrected chi connectivity index (χ4v) is 2.19. The van der Waals surface area contributed by atoms with Gasteiger partial charge < -0.3 is 5.11 Å². The smallest absolute Gasteiger partial charge is 0.307 e. The van der Waals surface area contributed by atoms with Crippen molar-refractivity contribution in [1.82, 2.24) is 4.90 Å². The average Bonchev–Trinajstić information content (AvgIpc) is 2.35. The van der Waals surface area contributed by atoms with Crippen molar-refractivity contribution < 1.29 is 9.90 Å². The van der Waals surface area contributed by atoms with E-state index in [4.69, 9.17) is 16.7 Å². The fourth-order valence-electron chi connectivity index (χ4n) is 1.98. The number of unbranched alkanes of at least 4 members (excludes halogenated alkanes) is 1. The molecule has 0 aliphatic rings. The molecule has 1 N–H and O–H groups in total. The molecule has 3 nitrogen and oxygen atoms in total. The van der Waals surface area contributed by atoms with Gasteiger partial charge in [-0.25, -0.2) is 0 Å². The van der Waals surface area contributed by atoms with Crippen LogP contribution in [0.1, 0.15) is 32.3 Å². The summed E-state index contributed by atoms with van der Waals surface area (Å²) in [6, 6.07) is 7.74. The van der Waals surface area contributed by atoms with Gasteiger partial charge >= 0.3 is 5.97 Å². The summed E-state index contributed by atoms with van der Waals surface area (Å²) < 4.78 is 0. The zero-order valence-electron chi connectivity index (χ0n) is 11.6. The van der Waals surface area contributed by atoms with E-state index in [-0.39, 0.29) is 5.92 Å². The molecule has 4 heteroatoms. The van der Waals surface area contributed by atoms with Gasteiger partial charge in [0.2, 0.25) is 0 Å². The normalized spacial score (nSPS) is 12.6. The van der Waals surface area contributed by atoms with Gasteiger partial charge in [0.25, 0.3) is 0 Å². The quantitative estimate of drug-likeness (QED) is 0.791. The Hall–Kier alpha value is -1.06. The van der Waals surface area contributed by atoms with Gasteiger partial charge in [-0.05, 0) is 30.7 Å². The highest BCUT2D eigenvalue weighted by atomic mass is 35.5. The number of benzene rings is 1. The number of aliphatic carboxylic acids is 1. The van der Waals surface area contributed by atoms with Crippen LogP contribution in [-0.2, 0) is 11.3 Å². The predicted molar refractivity (Wildman–Crippen MR) is 78.4 cm³/mol. The number of carbonyl (C=O) groups is 1. The third kappa shape index (κ3) is 6.08. The number of carboxylic acid groups (broad SMARTS) is 1. The Balaban J connectivity index is 2.65. The summed E-state index contributed by atoms with van der Waals surface area (Å²) in [6.07, 6.45) is 2.18. The zero-order chi connectivity index (χ0) is 14.3. The first-order chi connectivity index (χ1) is 9.02. The zero-order valence-corrected chi connectivity index (χ0v) is 12.4. The molecular formula is C15H22ClNO2. The lowest BCUT2D eigenvalue weighted by atomic mass is 10.1. The van der Waals surface area contributed by atoms with Crippen molar-refractivity contribution in [3.8, 4) is 0 Å². The van der Waals surface area contributed by atoms with Gasteiger partial charge in [0, 0.05) is 18.1 Å². The highest BCUT2D eigenvalue weighted by Gasteiger charge is 2.16. The largest absolute Gasteiger partial charge is 0.481 e. The van der Waals surface area contributed by atoms with Crippen molar-refractivity contribution in [2.75, 3.05) is 13.1 Å². The summed E-state index contributed by atoms with van der Waals surface area (Å²) in [4.78, 5) is 13.2. The molecule has 0 bridgehead atoms. The highest BCUT2D eigenvalue weighted by Crippen LogP contribution is 2.14. The van der Waals surface area contributed by atoms with Crippen LogP contribution < -0.4 is 0 Å². The van der Waals surface area contributed by atoms with Crippen molar-refractivity contribution >= 4 is 17.6 Å². The lowest BCUT2D eigenvalue weighted by Gasteiger charge is -2.24. The highest BCUT2D eigenvalue weighted by molar-refractivity contribution is 6.30. The van der Waals surface area contributed by atoms with Gasteiger partial charge in [-0.3, -0.25) is 9.69 Å². The second-order valence-electron chi connectivity index (χ2n) is 4.96. The van der Waals surface area contributed by atoms with Crippen molar-refractivity contribution in [2.24, 2.45) is 5.92 Å².